The zero-order valence-electron chi connectivity index (χ0n) is 11.5. The number of aromatic nitrogens is 3. The summed E-state index contributed by atoms with van der Waals surface area (Å²) in [4.78, 5) is 11.9. The molecule has 1 heterocycles. The molecular weight excluding hydrogens is 258 g/mol. The first-order valence-corrected chi connectivity index (χ1v) is 6.22. The number of nitrogens with zero attached hydrogens (tertiary/aromatic N) is 3. The van der Waals surface area contributed by atoms with Crippen molar-refractivity contribution in [2.75, 3.05) is 20.2 Å². The molecule has 0 spiro atoms. The summed E-state index contributed by atoms with van der Waals surface area (Å²) in [6.45, 7) is 2.59. The highest BCUT2D eigenvalue weighted by atomic mass is 16.5. The van der Waals surface area contributed by atoms with E-state index in [4.69, 9.17) is 10.5 Å². The molecule has 7 nitrogen and oxygen atoms in total. The third-order valence-electron chi connectivity index (χ3n) is 2.86. The Bertz CT molecular complexity index is 591. The lowest BCUT2D eigenvalue weighted by Crippen LogP contribution is -2.29. The monoisotopic (exact) mass is 275 g/mol. The molecule has 7 heteroatoms. The number of hydrogen-bond donors (Lipinski definition) is 2. The molecule has 2 aromatic rings. The third kappa shape index (κ3) is 2.77. The van der Waals surface area contributed by atoms with Gasteiger partial charge in [0.25, 0.3) is 5.91 Å². The highest BCUT2D eigenvalue weighted by molar-refractivity contribution is 5.93. The molecule has 0 aliphatic heterocycles. The molecule has 1 amide bonds. The van der Waals surface area contributed by atoms with Gasteiger partial charge in [0, 0.05) is 13.1 Å². The second-order valence-corrected chi connectivity index (χ2v) is 4.18. The summed E-state index contributed by atoms with van der Waals surface area (Å²) in [5.41, 5.74) is 7.13. The van der Waals surface area contributed by atoms with Gasteiger partial charge < -0.3 is 15.8 Å². The Morgan fingerprint density at radius 2 is 2.10 bits per heavy atom. The molecule has 0 saturated heterocycles. The second-order valence-electron chi connectivity index (χ2n) is 4.18. The van der Waals surface area contributed by atoms with Crippen LogP contribution in [0.2, 0.25) is 0 Å². The maximum atomic E-state index is 11.9. The minimum atomic E-state index is -0.271. The number of hydrogen-bond acceptors (Lipinski definition) is 5. The van der Waals surface area contributed by atoms with Gasteiger partial charge in [0.1, 0.15) is 5.75 Å². The van der Waals surface area contributed by atoms with E-state index in [9.17, 15) is 4.79 Å². The first-order chi connectivity index (χ1) is 9.67. The number of carbonyl (C=O) groups is 1. The molecule has 0 aliphatic rings. The Balaban J connectivity index is 2.25. The van der Waals surface area contributed by atoms with Crippen molar-refractivity contribution in [3.63, 3.8) is 0 Å². The maximum absolute atomic E-state index is 11.9. The van der Waals surface area contributed by atoms with Gasteiger partial charge in [0.15, 0.2) is 5.69 Å². The van der Waals surface area contributed by atoms with Crippen molar-refractivity contribution in [3.8, 4) is 11.4 Å². The van der Waals surface area contributed by atoms with Crippen LogP contribution in [0.3, 0.4) is 0 Å². The summed E-state index contributed by atoms with van der Waals surface area (Å²) in [7, 11) is 1.61. The lowest BCUT2D eigenvalue weighted by molar-refractivity contribution is 0.0949. The van der Waals surface area contributed by atoms with Gasteiger partial charge in [-0.3, -0.25) is 4.79 Å². The van der Waals surface area contributed by atoms with Crippen LogP contribution >= 0.6 is 0 Å². The van der Waals surface area contributed by atoms with Gasteiger partial charge in [-0.1, -0.05) is 5.21 Å². The molecule has 2 rings (SSSR count). The molecule has 0 unspecified atom stereocenters. The van der Waals surface area contributed by atoms with Crippen molar-refractivity contribution in [2.45, 2.75) is 6.92 Å². The van der Waals surface area contributed by atoms with Crippen LogP contribution in [0.4, 0.5) is 0 Å². The van der Waals surface area contributed by atoms with Crippen molar-refractivity contribution >= 4 is 5.91 Å². The Labute approximate surface area is 116 Å². The smallest absolute Gasteiger partial charge is 0.273 e. The standard InChI is InChI=1S/C13H17N5O2/c1-9-12(13(19)15-8-7-14)16-17-18(9)10-3-5-11(20-2)6-4-10/h3-6H,7-8,14H2,1-2H3,(H,15,19). The number of methoxy groups -OCH3 is 1. The molecule has 3 N–H and O–H groups in total. The number of carbonyl (C=O) groups excluding carboxylic acids is 1. The van der Waals surface area contributed by atoms with Crippen LogP contribution in [0, 0.1) is 6.92 Å². The first-order valence-electron chi connectivity index (χ1n) is 6.22. The Hall–Kier alpha value is -2.41. The van der Waals surface area contributed by atoms with Crippen LogP contribution < -0.4 is 15.8 Å². The first kappa shape index (κ1) is 14.0. The van der Waals surface area contributed by atoms with E-state index in [0.717, 1.165) is 11.4 Å². The number of amides is 1. The maximum Gasteiger partial charge on any atom is 0.273 e. The molecule has 1 aromatic carbocycles. The summed E-state index contributed by atoms with van der Waals surface area (Å²) >= 11 is 0. The average Bonchev–Trinajstić information content (AvgIpc) is 2.86. The van der Waals surface area contributed by atoms with E-state index >= 15 is 0 Å². The van der Waals surface area contributed by atoms with Gasteiger partial charge >= 0.3 is 0 Å². The van der Waals surface area contributed by atoms with E-state index in [2.05, 4.69) is 15.6 Å². The van der Waals surface area contributed by atoms with E-state index in [0.29, 0.717) is 24.5 Å². The fourth-order valence-corrected chi connectivity index (χ4v) is 1.78. The largest absolute Gasteiger partial charge is 0.497 e. The summed E-state index contributed by atoms with van der Waals surface area (Å²) in [6, 6.07) is 7.35. The van der Waals surface area contributed by atoms with Gasteiger partial charge in [0.05, 0.1) is 18.5 Å². The second kappa shape index (κ2) is 6.16. The van der Waals surface area contributed by atoms with Crippen molar-refractivity contribution in [1.29, 1.82) is 0 Å². The molecule has 0 atom stereocenters. The van der Waals surface area contributed by atoms with Crippen LogP contribution in [0.15, 0.2) is 24.3 Å². The number of rotatable bonds is 5. The van der Waals surface area contributed by atoms with Crippen LogP contribution in [0.1, 0.15) is 16.2 Å². The highest BCUT2D eigenvalue weighted by Gasteiger charge is 2.16. The van der Waals surface area contributed by atoms with Crippen LogP contribution in [-0.4, -0.2) is 41.1 Å². The number of nitrogens with one attached hydrogen (secondary N) is 1. The number of ether oxygens (including phenoxy) is 1. The molecule has 0 radical (unpaired) electrons. The van der Waals surface area contributed by atoms with E-state index in [1.807, 2.05) is 24.3 Å². The molecular formula is C13H17N5O2. The molecule has 0 fully saturated rings. The Morgan fingerprint density at radius 1 is 1.40 bits per heavy atom. The predicted octanol–water partition coefficient (Wildman–Crippen LogP) is 0.273. The lowest BCUT2D eigenvalue weighted by atomic mass is 10.2. The van der Waals surface area contributed by atoms with Crippen LogP contribution in [0.5, 0.6) is 5.75 Å². The zero-order valence-corrected chi connectivity index (χ0v) is 11.5. The topological polar surface area (TPSA) is 95.1 Å². The zero-order chi connectivity index (χ0) is 14.5. The molecule has 0 aliphatic carbocycles. The SMILES string of the molecule is COc1ccc(-n2nnc(C(=O)NCCN)c2C)cc1. The normalized spacial score (nSPS) is 10.3. The van der Waals surface area contributed by atoms with Crippen molar-refractivity contribution < 1.29 is 9.53 Å². The number of benzene rings is 1. The van der Waals surface area contributed by atoms with Gasteiger partial charge in [0.2, 0.25) is 0 Å². The summed E-state index contributed by atoms with van der Waals surface area (Å²) in [5, 5.41) is 10.6. The minimum Gasteiger partial charge on any atom is -0.497 e. The fourth-order valence-electron chi connectivity index (χ4n) is 1.78. The molecule has 20 heavy (non-hydrogen) atoms. The van der Waals surface area contributed by atoms with Crippen LogP contribution in [0.25, 0.3) is 5.69 Å². The Morgan fingerprint density at radius 3 is 2.70 bits per heavy atom. The van der Waals surface area contributed by atoms with Gasteiger partial charge in [-0.25, -0.2) is 4.68 Å². The van der Waals surface area contributed by atoms with Gasteiger partial charge in [-0.15, -0.1) is 5.10 Å². The van der Waals surface area contributed by atoms with Crippen molar-refractivity contribution in [2.24, 2.45) is 5.73 Å². The molecule has 0 saturated carbocycles. The van der Waals surface area contributed by atoms with E-state index in [1.165, 1.54) is 0 Å². The van der Waals surface area contributed by atoms with Crippen LogP contribution in [-0.2, 0) is 0 Å². The third-order valence-corrected chi connectivity index (χ3v) is 2.86. The van der Waals surface area contributed by atoms with E-state index in [-0.39, 0.29) is 5.91 Å². The summed E-state index contributed by atoms with van der Waals surface area (Å²) in [6.07, 6.45) is 0. The average molecular weight is 275 g/mol. The summed E-state index contributed by atoms with van der Waals surface area (Å²) in [5.74, 6) is 0.486. The fraction of sp³-hybridized carbons (Fsp3) is 0.308. The van der Waals surface area contributed by atoms with Gasteiger partial charge in [-0.2, -0.15) is 0 Å². The van der Waals surface area contributed by atoms with Crippen molar-refractivity contribution in [1.82, 2.24) is 20.3 Å². The number of nitrogens with two attached hydrogens (primary N) is 1. The quantitative estimate of drug-likeness (QED) is 0.817. The molecule has 106 valence electrons. The predicted molar refractivity (Wildman–Crippen MR) is 74.0 cm³/mol. The Kier molecular flexibility index (Phi) is 4.31. The molecule has 1 aromatic heterocycles. The molecule has 0 bridgehead atoms. The lowest BCUT2D eigenvalue weighted by Gasteiger charge is -2.05. The van der Waals surface area contributed by atoms with Crippen molar-refractivity contribution in [3.05, 3.63) is 35.7 Å². The van der Waals surface area contributed by atoms with E-state index < -0.39 is 0 Å². The minimum absolute atomic E-state index is 0.271. The van der Waals surface area contributed by atoms with Gasteiger partial charge in [-0.05, 0) is 31.2 Å². The van der Waals surface area contributed by atoms with E-state index in [1.54, 1.807) is 18.7 Å². The summed E-state index contributed by atoms with van der Waals surface area (Å²) < 4.78 is 6.71. The highest BCUT2D eigenvalue weighted by Crippen LogP contribution is 2.16.